The number of para-hydroxylation sites is 2. The summed E-state index contributed by atoms with van der Waals surface area (Å²) in [6.07, 6.45) is 0.476. The molecule has 0 aromatic heterocycles. The lowest BCUT2D eigenvalue weighted by Gasteiger charge is -2.16. The summed E-state index contributed by atoms with van der Waals surface area (Å²) in [5.41, 5.74) is 2.01. The van der Waals surface area contributed by atoms with Crippen molar-refractivity contribution in [2.45, 2.75) is 19.6 Å². The monoisotopic (exact) mass is 532 g/mol. The third-order valence-corrected chi connectivity index (χ3v) is 6.58. The maximum atomic E-state index is 13.6. The molecule has 1 heterocycles. The molecule has 2 N–H and O–H groups in total. The van der Waals surface area contributed by atoms with Crippen molar-refractivity contribution in [3.05, 3.63) is 94.4 Å². The zero-order valence-electron chi connectivity index (χ0n) is 20.5. The van der Waals surface area contributed by atoms with Gasteiger partial charge in [-0.2, -0.15) is 0 Å². The molecule has 0 aliphatic carbocycles. The number of carbonyl (C=O) groups excluding carboxylic acids is 1. The normalized spacial score (nSPS) is 16.1. The molecule has 0 spiro atoms. The van der Waals surface area contributed by atoms with Crippen LogP contribution in [0.2, 0.25) is 0 Å². The van der Waals surface area contributed by atoms with E-state index in [9.17, 15) is 24.6 Å². The second-order valence-electron chi connectivity index (χ2n) is 8.21. The summed E-state index contributed by atoms with van der Waals surface area (Å²) in [4.78, 5) is 42.7. The Labute approximate surface area is 223 Å². The molecule has 0 saturated carbocycles. The Morgan fingerprint density at radius 3 is 2.37 bits per heavy atom. The van der Waals surface area contributed by atoms with Gasteiger partial charge in [0.05, 0.1) is 29.8 Å². The van der Waals surface area contributed by atoms with E-state index in [4.69, 9.17) is 9.47 Å². The van der Waals surface area contributed by atoms with Gasteiger partial charge in [-0.3, -0.25) is 9.69 Å². The first-order valence-electron chi connectivity index (χ1n) is 11.5. The number of rotatable bonds is 9. The highest BCUT2D eigenvalue weighted by Gasteiger charge is 2.34. The van der Waals surface area contributed by atoms with Gasteiger partial charge >= 0.3 is 11.9 Å². The van der Waals surface area contributed by atoms with Crippen LogP contribution in [0.15, 0.2) is 82.7 Å². The second kappa shape index (κ2) is 11.7. The fourth-order valence-electron chi connectivity index (χ4n) is 3.58. The van der Waals surface area contributed by atoms with E-state index in [0.717, 1.165) is 5.56 Å². The molecule has 0 radical (unpaired) electrons. The Kier molecular flexibility index (Phi) is 8.12. The first-order chi connectivity index (χ1) is 18.3. The first-order valence-corrected chi connectivity index (χ1v) is 12.3. The van der Waals surface area contributed by atoms with Crippen molar-refractivity contribution in [3.8, 4) is 11.5 Å². The van der Waals surface area contributed by atoms with Gasteiger partial charge < -0.3 is 19.7 Å². The molecule has 4 rings (SSSR count). The van der Waals surface area contributed by atoms with Crippen LogP contribution in [0, 0.1) is 0 Å². The Morgan fingerprint density at radius 2 is 1.74 bits per heavy atom. The number of carboxylic acid groups (broad SMARTS) is 2. The van der Waals surface area contributed by atoms with Crippen molar-refractivity contribution >= 4 is 46.5 Å². The SMILES string of the molecule is COc1cccc(/C=C2\SC(=Nc3ccccc3)N(Cc3ccc(C(=O)O)cc3)C2=O)c1O[C@H](C)C(=O)O. The van der Waals surface area contributed by atoms with E-state index < -0.39 is 18.0 Å². The van der Waals surface area contributed by atoms with Crippen LogP contribution in [0.3, 0.4) is 0 Å². The molecule has 1 fully saturated rings. The highest BCUT2D eigenvalue weighted by Crippen LogP contribution is 2.39. The topological polar surface area (TPSA) is 126 Å². The average Bonchev–Trinajstić information content (AvgIpc) is 3.19. The number of amides is 1. The van der Waals surface area contributed by atoms with Crippen LogP contribution in [-0.2, 0) is 16.1 Å². The van der Waals surface area contributed by atoms with Gasteiger partial charge in [0.2, 0.25) is 0 Å². The van der Waals surface area contributed by atoms with Crippen LogP contribution >= 0.6 is 11.8 Å². The molecule has 194 valence electrons. The minimum Gasteiger partial charge on any atom is -0.493 e. The van der Waals surface area contributed by atoms with Crippen molar-refractivity contribution in [1.82, 2.24) is 4.90 Å². The van der Waals surface area contributed by atoms with Crippen LogP contribution in [0.5, 0.6) is 11.5 Å². The number of methoxy groups -OCH3 is 1. The fourth-order valence-corrected chi connectivity index (χ4v) is 4.57. The predicted octanol–water partition coefficient (Wildman–Crippen LogP) is 5.05. The molecule has 9 nitrogen and oxygen atoms in total. The smallest absolute Gasteiger partial charge is 0.344 e. The number of aliphatic carboxylic acids is 1. The van der Waals surface area contributed by atoms with E-state index in [1.807, 2.05) is 30.3 Å². The molecular weight excluding hydrogens is 508 g/mol. The summed E-state index contributed by atoms with van der Waals surface area (Å²) in [6.45, 7) is 1.58. The van der Waals surface area contributed by atoms with Gasteiger partial charge in [-0.25, -0.2) is 14.6 Å². The zero-order chi connectivity index (χ0) is 27.2. The van der Waals surface area contributed by atoms with Crippen molar-refractivity contribution in [2.24, 2.45) is 4.99 Å². The first kappa shape index (κ1) is 26.5. The molecule has 38 heavy (non-hydrogen) atoms. The Bertz CT molecular complexity index is 1420. The maximum Gasteiger partial charge on any atom is 0.344 e. The van der Waals surface area contributed by atoms with E-state index in [-0.39, 0.29) is 23.8 Å². The number of benzene rings is 3. The lowest BCUT2D eigenvalue weighted by molar-refractivity contribution is -0.144. The van der Waals surface area contributed by atoms with E-state index in [1.165, 1.54) is 42.8 Å². The van der Waals surface area contributed by atoms with Crippen LogP contribution in [-0.4, -0.2) is 51.3 Å². The molecular formula is C28H24N2O7S. The summed E-state index contributed by atoms with van der Waals surface area (Å²) < 4.78 is 11.0. The molecule has 10 heteroatoms. The Morgan fingerprint density at radius 1 is 1.03 bits per heavy atom. The summed E-state index contributed by atoms with van der Waals surface area (Å²) in [5, 5.41) is 19.0. The van der Waals surface area contributed by atoms with Crippen molar-refractivity contribution in [1.29, 1.82) is 0 Å². The minimum atomic E-state index is -1.14. The molecule has 3 aromatic rings. The summed E-state index contributed by atoms with van der Waals surface area (Å²) in [6, 6.07) is 20.5. The molecule has 1 amide bonds. The number of carboxylic acids is 2. The number of hydrogen-bond donors (Lipinski definition) is 2. The highest BCUT2D eigenvalue weighted by molar-refractivity contribution is 8.18. The number of aliphatic imine (C=N–C) groups is 1. The molecule has 3 aromatic carbocycles. The van der Waals surface area contributed by atoms with E-state index in [1.54, 1.807) is 36.4 Å². The van der Waals surface area contributed by atoms with Crippen molar-refractivity contribution in [2.75, 3.05) is 7.11 Å². The Balaban J connectivity index is 1.73. The number of thioether (sulfide) groups is 1. The van der Waals surface area contributed by atoms with Gasteiger partial charge in [-0.05, 0) is 60.7 Å². The fraction of sp³-hybridized carbons (Fsp3) is 0.143. The van der Waals surface area contributed by atoms with E-state index in [0.29, 0.717) is 27.1 Å². The van der Waals surface area contributed by atoms with E-state index in [2.05, 4.69) is 4.99 Å². The van der Waals surface area contributed by atoms with Gasteiger partial charge in [-0.1, -0.05) is 42.5 Å². The second-order valence-corrected chi connectivity index (χ2v) is 9.22. The minimum absolute atomic E-state index is 0.149. The number of hydrogen-bond acceptors (Lipinski definition) is 7. The third-order valence-electron chi connectivity index (χ3n) is 5.57. The van der Waals surface area contributed by atoms with Gasteiger partial charge in [0.15, 0.2) is 22.8 Å². The zero-order valence-corrected chi connectivity index (χ0v) is 21.3. The van der Waals surface area contributed by atoms with Gasteiger partial charge in [0.25, 0.3) is 5.91 Å². The average molecular weight is 533 g/mol. The lowest BCUT2D eigenvalue weighted by atomic mass is 10.1. The van der Waals surface area contributed by atoms with Crippen molar-refractivity contribution < 1.29 is 34.1 Å². The molecule has 1 saturated heterocycles. The van der Waals surface area contributed by atoms with E-state index >= 15 is 0 Å². The third kappa shape index (κ3) is 6.04. The Hall–Kier alpha value is -4.57. The van der Waals surface area contributed by atoms with Crippen LogP contribution in [0.1, 0.15) is 28.4 Å². The number of amidine groups is 1. The predicted molar refractivity (Wildman–Crippen MR) is 144 cm³/mol. The molecule has 1 atom stereocenters. The van der Waals surface area contributed by atoms with Gasteiger partial charge in [-0.15, -0.1) is 0 Å². The summed E-state index contributed by atoms with van der Waals surface area (Å²) >= 11 is 1.17. The highest BCUT2D eigenvalue weighted by atomic mass is 32.2. The molecule has 0 unspecified atom stereocenters. The maximum absolute atomic E-state index is 13.6. The molecule has 0 bridgehead atoms. The molecule has 1 aliphatic heterocycles. The summed E-state index contributed by atoms with van der Waals surface area (Å²) in [5.74, 6) is -1.95. The number of ether oxygens (including phenoxy) is 2. The summed E-state index contributed by atoms with van der Waals surface area (Å²) in [7, 11) is 1.45. The number of aromatic carboxylic acids is 1. The van der Waals surface area contributed by atoms with Gasteiger partial charge in [0, 0.05) is 5.56 Å². The van der Waals surface area contributed by atoms with Crippen LogP contribution < -0.4 is 9.47 Å². The van der Waals surface area contributed by atoms with Gasteiger partial charge in [0.1, 0.15) is 0 Å². The quantitative estimate of drug-likeness (QED) is 0.367. The number of carbonyl (C=O) groups is 3. The van der Waals surface area contributed by atoms with Crippen molar-refractivity contribution in [3.63, 3.8) is 0 Å². The molecule has 1 aliphatic rings. The largest absolute Gasteiger partial charge is 0.493 e. The standard InChI is InChI=1S/C28H24N2O7S/c1-17(26(32)33)37-24-20(7-6-10-22(24)36-2)15-23-25(31)30(16-18-11-13-19(14-12-18)27(34)35)28(38-23)29-21-8-4-3-5-9-21/h3-15,17H,16H2,1-2H3,(H,32,33)(H,34,35)/b23-15-,29-28?/t17-/m1/s1. The lowest BCUT2D eigenvalue weighted by Crippen LogP contribution is -2.28. The van der Waals surface area contributed by atoms with Crippen LogP contribution in [0.25, 0.3) is 6.08 Å². The number of nitrogens with zero attached hydrogens (tertiary/aromatic N) is 2. The van der Waals surface area contributed by atoms with Crippen LogP contribution in [0.4, 0.5) is 5.69 Å².